The zero-order chi connectivity index (χ0) is 13.6. The van der Waals surface area contributed by atoms with E-state index < -0.39 is 0 Å². The quantitative estimate of drug-likeness (QED) is 0.855. The van der Waals surface area contributed by atoms with Crippen LogP contribution in [0.3, 0.4) is 0 Å². The molecule has 1 aliphatic rings. The van der Waals surface area contributed by atoms with E-state index in [4.69, 9.17) is 10.7 Å². The molecule has 0 spiro atoms. The third kappa shape index (κ3) is 1.96. The maximum atomic E-state index is 13.0. The molecule has 2 unspecified atom stereocenters. The van der Waals surface area contributed by atoms with Crippen molar-refractivity contribution in [2.24, 2.45) is 5.73 Å². The lowest BCUT2D eigenvalue weighted by Crippen LogP contribution is -2.36. The molecule has 0 saturated carbocycles. The molecule has 0 radical (unpaired) electrons. The molecular weight excluding hydrogens is 241 g/mol. The van der Waals surface area contributed by atoms with Gasteiger partial charge >= 0.3 is 0 Å². The van der Waals surface area contributed by atoms with Crippen molar-refractivity contribution in [1.29, 1.82) is 0 Å². The number of halogens is 1. The molecule has 3 nitrogen and oxygen atoms in total. The van der Waals surface area contributed by atoms with E-state index in [1.165, 1.54) is 12.1 Å². The minimum atomic E-state index is -0.222. The highest BCUT2D eigenvalue weighted by Crippen LogP contribution is 2.31. The lowest BCUT2D eigenvalue weighted by molar-refractivity contribution is 0.363. The average molecular weight is 259 g/mol. The number of imidazole rings is 1. The third-order valence-electron chi connectivity index (χ3n) is 4.07. The van der Waals surface area contributed by atoms with Crippen molar-refractivity contribution >= 4 is 0 Å². The summed E-state index contributed by atoms with van der Waals surface area (Å²) in [5, 5.41) is 0. The number of nitrogens with two attached hydrogens (primary N) is 1. The van der Waals surface area contributed by atoms with Gasteiger partial charge in [0.1, 0.15) is 11.6 Å². The molecule has 1 aliphatic heterocycles. The summed E-state index contributed by atoms with van der Waals surface area (Å²) in [6.07, 6.45) is 1.88. The predicted octanol–water partition coefficient (Wildman–Crippen LogP) is 2.83. The van der Waals surface area contributed by atoms with Gasteiger partial charge in [-0.1, -0.05) is 0 Å². The van der Waals surface area contributed by atoms with Gasteiger partial charge in [-0.05, 0) is 44.5 Å². The van der Waals surface area contributed by atoms with E-state index in [0.29, 0.717) is 0 Å². The Balaban J connectivity index is 2.10. The Kier molecular flexibility index (Phi) is 2.90. The second kappa shape index (κ2) is 4.46. The van der Waals surface area contributed by atoms with Crippen LogP contribution in [0.2, 0.25) is 0 Å². The molecule has 19 heavy (non-hydrogen) atoms. The normalized spacial score (nSPS) is 22.3. The number of nitrogens with zero attached hydrogens (tertiary/aromatic N) is 2. The van der Waals surface area contributed by atoms with Gasteiger partial charge in [-0.15, -0.1) is 0 Å². The summed E-state index contributed by atoms with van der Waals surface area (Å²) in [5.41, 5.74) is 9.15. The van der Waals surface area contributed by atoms with Gasteiger partial charge in [-0.3, -0.25) is 0 Å². The van der Waals surface area contributed by atoms with Gasteiger partial charge in [-0.2, -0.15) is 0 Å². The van der Waals surface area contributed by atoms with Gasteiger partial charge in [0, 0.05) is 29.8 Å². The standard InChI is InChI=1S/C15H18FN3/c1-9-13(17)7-8-14-18-15(10(2)19(9)14)11-3-5-12(16)6-4-11/h3-6,9,13H,7-8,17H2,1-2H3. The van der Waals surface area contributed by atoms with E-state index in [9.17, 15) is 4.39 Å². The number of aromatic nitrogens is 2. The fourth-order valence-electron chi connectivity index (χ4n) is 2.90. The van der Waals surface area contributed by atoms with Crippen LogP contribution in [-0.4, -0.2) is 15.6 Å². The first-order valence-electron chi connectivity index (χ1n) is 6.67. The number of aryl methyl sites for hydroxylation is 1. The Labute approximate surface area is 112 Å². The SMILES string of the molecule is Cc1c(-c2ccc(F)cc2)nc2n1C(C)C(N)CC2. The Morgan fingerprint density at radius 2 is 2.00 bits per heavy atom. The van der Waals surface area contributed by atoms with Crippen molar-refractivity contribution in [3.8, 4) is 11.3 Å². The number of benzene rings is 1. The van der Waals surface area contributed by atoms with Crippen molar-refractivity contribution in [2.45, 2.75) is 38.8 Å². The smallest absolute Gasteiger partial charge is 0.123 e. The lowest BCUT2D eigenvalue weighted by Gasteiger charge is -2.29. The molecule has 3 rings (SSSR count). The van der Waals surface area contributed by atoms with Crippen molar-refractivity contribution < 1.29 is 4.39 Å². The highest BCUT2D eigenvalue weighted by atomic mass is 19.1. The summed E-state index contributed by atoms with van der Waals surface area (Å²) in [5.74, 6) is 0.867. The molecule has 2 N–H and O–H groups in total. The van der Waals surface area contributed by atoms with Crippen molar-refractivity contribution in [2.75, 3.05) is 0 Å². The van der Waals surface area contributed by atoms with Gasteiger partial charge in [-0.25, -0.2) is 9.37 Å². The Morgan fingerprint density at radius 3 is 2.68 bits per heavy atom. The van der Waals surface area contributed by atoms with E-state index in [2.05, 4.69) is 18.4 Å². The summed E-state index contributed by atoms with van der Waals surface area (Å²) >= 11 is 0. The minimum Gasteiger partial charge on any atom is -0.327 e. The highest BCUT2D eigenvalue weighted by molar-refractivity contribution is 5.62. The molecule has 2 heterocycles. The van der Waals surface area contributed by atoms with Crippen molar-refractivity contribution in [3.63, 3.8) is 0 Å². The van der Waals surface area contributed by atoms with Crippen molar-refractivity contribution in [3.05, 3.63) is 41.6 Å². The van der Waals surface area contributed by atoms with Gasteiger partial charge in [0.05, 0.1) is 5.69 Å². The van der Waals surface area contributed by atoms with Crippen LogP contribution in [0.4, 0.5) is 4.39 Å². The monoisotopic (exact) mass is 259 g/mol. The van der Waals surface area contributed by atoms with Gasteiger partial charge in [0.25, 0.3) is 0 Å². The largest absolute Gasteiger partial charge is 0.327 e. The average Bonchev–Trinajstić information content (AvgIpc) is 2.73. The molecule has 0 bridgehead atoms. The summed E-state index contributed by atoms with van der Waals surface area (Å²) in [7, 11) is 0. The molecule has 100 valence electrons. The summed E-state index contributed by atoms with van der Waals surface area (Å²) in [6.45, 7) is 4.19. The van der Waals surface area contributed by atoms with Gasteiger partial charge < -0.3 is 10.3 Å². The van der Waals surface area contributed by atoms with Crippen LogP contribution in [0.25, 0.3) is 11.3 Å². The lowest BCUT2D eigenvalue weighted by atomic mass is 10.0. The van der Waals surface area contributed by atoms with Crippen LogP contribution >= 0.6 is 0 Å². The molecular formula is C15H18FN3. The second-order valence-corrected chi connectivity index (χ2v) is 5.28. The molecule has 0 aliphatic carbocycles. The summed E-state index contributed by atoms with van der Waals surface area (Å²) < 4.78 is 15.2. The number of hydrogen-bond donors (Lipinski definition) is 1. The summed E-state index contributed by atoms with van der Waals surface area (Å²) in [4.78, 5) is 4.72. The first-order valence-corrected chi connectivity index (χ1v) is 6.67. The number of hydrogen-bond acceptors (Lipinski definition) is 2. The molecule has 1 aromatic heterocycles. The van der Waals surface area contributed by atoms with E-state index >= 15 is 0 Å². The Hall–Kier alpha value is -1.68. The van der Waals surface area contributed by atoms with E-state index in [0.717, 1.165) is 35.6 Å². The maximum Gasteiger partial charge on any atom is 0.123 e. The maximum absolute atomic E-state index is 13.0. The van der Waals surface area contributed by atoms with Crippen molar-refractivity contribution in [1.82, 2.24) is 9.55 Å². The zero-order valence-corrected chi connectivity index (χ0v) is 11.2. The first kappa shape index (κ1) is 12.4. The predicted molar refractivity (Wildman–Crippen MR) is 73.4 cm³/mol. The fraction of sp³-hybridized carbons (Fsp3) is 0.400. The molecule has 0 saturated heterocycles. The molecule has 2 atom stereocenters. The number of fused-ring (bicyclic) bond motifs is 1. The minimum absolute atomic E-state index is 0.182. The molecule has 4 heteroatoms. The third-order valence-corrected chi connectivity index (χ3v) is 4.07. The van der Waals surface area contributed by atoms with Gasteiger partial charge in [0.2, 0.25) is 0 Å². The molecule has 1 aromatic carbocycles. The van der Waals surface area contributed by atoms with Crippen LogP contribution in [0.15, 0.2) is 24.3 Å². The Bertz CT molecular complexity index is 601. The second-order valence-electron chi connectivity index (χ2n) is 5.28. The first-order chi connectivity index (χ1) is 9.08. The van der Waals surface area contributed by atoms with Crippen LogP contribution in [0.1, 0.15) is 30.9 Å². The zero-order valence-electron chi connectivity index (χ0n) is 11.2. The fourth-order valence-corrected chi connectivity index (χ4v) is 2.90. The van der Waals surface area contributed by atoms with E-state index in [1.54, 1.807) is 12.1 Å². The highest BCUT2D eigenvalue weighted by Gasteiger charge is 2.27. The van der Waals surface area contributed by atoms with E-state index in [1.807, 2.05) is 0 Å². The molecule has 2 aromatic rings. The summed E-state index contributed by atoms with van der Waals surface area (Å²) in [6, 6.07) is 6.96. The molecule has 0 fully saturated rings. The van der Waals surface area contributed by atoms with E-state index in [-0.39, 0.29) is 17.9 Å². The molecule has 0 amide bonds. The van der Waals surface area contributed by atoms with Crippen LogP contribution in [-0.2, 0) is 6.42 Å². The van der Waals surface area contributed by atoms with Crippen LogP contribution < -0.4 is 5.73 Å². The number of rotatable bonds is 1. The topological polar surface area (TPSA) is 43.8 Å². The van der Waals surface area contributed by atoms with Gasteiger partial charge in [0.15, 0.2) is 0 Å². The Morgan fingerprint density at radius 1 is 1.32 bits per heavy atom. The van der Waals surface area contributed by atoms with Crippen LogP contribution in [0, 0.1) is 12.7 Å². The van der Waals surface area contributed by atoms with Crippen LogP contribution in [0.5, 0.6) is 0 Å².